The van der Waals surface area contributed by atoms with Gasteiger partial charge < -0.3 is 5.32 Å². The lowest BCUT2D eigenvalue weighted by Crippen LogP contribution is -2.30. The van der Waals surface area contributed by atoms with Crippen LogP contribution < -0.4 is 5.32 Å². The molecule has 1 aliphatic carbocycles. The molecule has 1 aromatic heterocycles. The summed E-state index contributed by atoms with van der Waals surface area (Å²) in [5.41, 5.74) is 0.361. The van der Waals surface area contributed by atoms with E-state index < -0.39 is 0 Å². The van der Waals surface area contributed by atoms with Crippen molar-refractivity contribution in [3.8, 4) is 0 Å². The largest absolute Gasteiger partial charge is 0.354 e. The molecule has 1 aliphatic rings. The smallest absolute Gasteiger partial charge is 0.273 e. The highest BCUT2D eigenvalue weighted by Crippen LogP contribution is 2.35. The van der Waals surface area contributed by atoms with Crippen LogP contribution in [0.1, 0.15) is 29.4 Å². The summed E-state index contributed by atoms with van der Waals surface area (Å²) in [7, 11) is 1.58. The molecule has 0 bridgehead atoms. The fraction of sp³-hybridized carbons (Fsp3) is 0.625. The first kappa shape index (κ1) is 9.51. The normalized spacial score (nSPS) is 25.6. The molecule has 76 valence electrons. The Morgan fingerprint density at radius 1 is 1.71 bits per heavy atom. The van der Waals surface area contributed by atoms with Crippen LogP contribution >= 0.6 is 12.6 Å². The lowest BCUT2D eigenvalue weighted by atomic mass is 9.92. The molecule has 0 aromatic carbocycles. The van der Waals surface area contributed by atoms with Gasteiger partial charge in [0, 0.05) is 12.3 Å². The van der Waals surface area contributed by atoms with E-state index in [0.717, 1.165) is 12.8 Å². The van der Waals surface area contributed by atoms with Crippen LogP contribution in [0.25, 0.3) is 0 Å². The van der Waals surface area contributed by atoms with Crippen LogP contribution in [0.5, 0.6) is 0 Å². The molecule has 14 heavy (non-hydrogen) atoms. The summed E-state index contributed by atoms with van der Waals surface area (Å²) in [6.45, 7) is 0. The molecule has 6 heteroatoms. The van der Waals surface area contributed by atoms with Gasteiger partial charge in [0.2, 0.25) is 0 Å². The van der Waals surface area contributed by atoms with Gasteiger partial charge in [0.05, 0.1) is 12.2 Å². The zero-order valence-electron chi connectivity index (χ0n) is 7.84. The average Bonchev–Trinajstić information content (AvgIpc) is 2.63. The van der Waals surface area contributed by atoms with E-state index >= 15 is 0 Å². The average molecular weight is 212 g/mol. The van der Waals surface area contributed by atoms with Crippen LogP contribution in [0, 0.1) is 0 Å². The Morgan fingerprint density at radius 3 is 3.00 bits per heavy atom. The van der Waals surface area contributed by atoms with Gasteiger partial charge in [-0.25, -0.2) is 4.68 Å². The first-order valence-corrected chi connectivity index (χ1v) is 5.06. The van der Waals surface area contributed by atoms with Crippen molar-refractivity contribution in [1.29, 1.82) is 0 Å². The maximum atomic E-state index is 11.2. The Morgan fingerprint density at radius 2 is 2.50 bits per heavy atom. The number of rotatable bonds is 2. The van der Waals surface area contributed by atoms with Gasteiger partial charge in [-0.3, -0.25) is 4.79 Å². The maximum Gasteiger partial charge on any atom is 0.273 e. The van der Waals surface area contributed by atoms with E-state index in [1.54, 1.807) is 17.9 Å². The lowest BCUT2D eigenvalue weighted by Gasteiger charge is -2.32. The second kappa shape index (κ2) is 3.61. The highest BCUT2D eigenvalue weighted by molar-refractivity contribution is 7.81. The summed E-state index contributed by atoms with van der Waals surface area (Å²) in [6, 6.07) is 0.296. The summed E-state index contributed by atoms with van der Waals surface area (Å²) in [5, 5.41) is 10.6. The second-order valence-corrected chi connectivity index (χ2v) is 4.04. The van der Waals surface area contributed by atoms with Crippen molar-refractivity contribution >= 4 is 18.5 Å². The molecular weight excluding hydrogens is 200 g/mol. The summed E-state index contributed by atoms with van der Waals surface area (Å²) in [4.78, 5) is 11.2. The molecule has 0 spiro atoms. The molecule has 1 heterocycles. The Balaban J connectivity index is 2.13. The molecule has 0 saturated heterocycles. The second-order valence-electron chi connectivity index (χ2n) is 3.37. The molecule has 1 N–H and O–H groups in total. The van der Waals surface area contributed by atoms with Crippen molar-refractivity contribution in [2.45, 2.75) is 24.1 Å². The zero-order valence-corrected chi connectivity index (χ0v) is 8.74. The van der Waals surface area contributed by atoms with E-state index in [1.807, 2.05) is 0 Å². The van der Waals surface area contributed by atoms with E-state index in [9.17, 15) is 4.79 Å². The van der Waals surface area contributed by atoms with Crippen molar-refractivity contribution in [3.05, 3.63) is 11.9 Å². The number of hydrogen-bond acceptors (Lipinski definition) is 4. The van der Waals surface area contributed by atoms with Gasteiger partial charge in [-0.05, 0) is 12.8 Å². The predicted octanol–water partition coefficient (Wildman–Crippen LogP) is 0.271. The molecule has 1 fully saturated rings. The standard InChI is InChI=1S/C8H12N4OS/c1-9-8(13)5-4-12(11-10-5)6-2-3-7(6)14/h4,6-7,14H,2-3H2,1H3,(H,9,13). The predicted molar refractivity (Wildman–Crippen MR) is 54.5 cm³/mol. The van der Waals surface area contributed by atoms with Gasteiger partial charge in [-0.2, -0.15) is 12.6 Å². The minimum absolute atomic E-state index is 0.203. The molecule has 5 nitrogen and oxygen atoms in total. The number of nitrogens with one attached hydrogen (secondary N) is 1. The quantitative estimate of drug-likeness (QED) is 0.692. The van der Waals surface area contributed by atoms with Crippen LogP contribution in [0.2, 0.25) is 0 Å². The minimum Gasteiger partial charge on any atom is -0.354 e. The van der Waals surface area contributed by atoms with Gasteiger partial charge in [-0.15, -0.1) is 5.10 Å². The summed E-state index contributed by atoms with van der Waals surface area (Å²) in [6.07, 6.45) is 3.83. The first-order valence-electron chi connectivity index (χ1n) is 4.54. The molecule has 1 aromatic rings. The van der Waals surface area contributed by atoms with Gasteiger partial charge in [0.15, 0.2) is 5.69 Å². The van der Waals surface area contributed by atoms with Crippen molar-refractivity contribution in [2.24, 2.45) is 0 Å². The Hall–Kier alpha value is -1.04. The molecule has 2 rings (SSSR count). The highest BCUT2D eigenvalue weighted by Gasteiger charge is 2.30. The van der Waals surface area contributed by atoms with Crippen molar-refractivity contribution in [3.63, 3.8) is 0 Å². The van der Waals surface area contributed by atoms with Gasteiger partial charge in [0.1, 0.15) is 0 Å². The van der Waals surface area contributed by atoms with Crippen LogP contribution in [-0.2, 0) is 0 Å². The van der Waals surface area contributed by atoms with E-state index in [4.69, 9.17) is 0 Å². The van der Waals surface area contributed by atoms with Crippen LogP contribution in [0.4, 0.5) is 0 Å². The fourth-order valence-electron chi connectivity index (χ4n) is 1.44. The third-order valence-corrected chi connectivity index (χ3v) is 3.11. The van der Waals surface area contributed by atoms with Crippen molar-refractivity contribution < 1.29 is 4.79 Å². The zero-order chi connectivity index (χ0) is 10.1. The van der Waals surface area contributed by atoms with Gasteiger partial charge in [0.25, 0.3) is 5.91 Å². The summed E-state index contributed by atoms with van der Waals surface area (Å²) in [5.74, 6) is -0.203. The summed E-state index contributed by atoms with van der Waals surface area (Å²) >= 11 is 4.39. The highest BCUT2D eigenvalue weighted by atomic mass is 32.1. The number of amides is 1. The van der Waals surface area contributed by atoms with Crippen molar-refractivity contribution in [2.75, 3.05) is 7.05 Å². The molecule has 1 saturated carbocycles. The number of aromatic nitrogens is 3. The van der Waals surface area contributed by atoms with Crippen LogP contribution in [0.3, 0.4) is 0 Å². The van der Waals surface area contributed by atoms with Crippen LogP contribution in [-0.4, -0.2) is 33.2 Å². The van der Waals surface area contributed by atoms with Crippen LogP contribution in [0.15, 0.2) is 6.20 Å². The molecule has 0 aliphatic heterocycles. The Kier molecular flexibility index (Phi) is 2.45. The number of hydrogen-bond donors (Lipinski definition) is 2. The maximum absolute atomic E-state index is 11.2. The fourth-order valence-corrected chi connectivity index (χ4v) is 1.88. The monoisotopic (exact) mass is 212 g/mol. The topological polar surface area (TPSA) is 59.8 Å². The minimum atomic E-state index is -0.203. The third kappa shape index (κ3) is 1.50. The van der Waals surface area contributed by atoms with Gasteiger partial charge >= 0.3 is 0 Å². The molecule has 2 unspecified atom stereocenters. The molecular formula is C8H12N4OS. The molecule has 0 radical (unpaired) electrons. The van der Waals surface area contributed by atoms with E-state index in [-0.39, 0.29) is 5.91 Å². The Labute approximate surface area is 87.3 Å². The molecule has 2 atom stereocenters. The number of carbonyl (C=O) groups excluding carboxylic acids is 1. The number of thiol groups is 1. The summed E-state index contributed by atoms with van der Waals surface area (Å²) < 4.78 is 1.73. The lowest BCUT2D eigenvalue weighted by molar-refractivity contribution is 0.0958. The number of nitrogens with zero attached hydrogens (tertiary/aromatic N) is 3. The molecule has 1 amide bonds. The van der Waals surface area contributed by atoms with E-state index in [1.165, 1.54) is 0 Å². The SMILES string of the molecule is CNC(=O)c1cn(C2CCC2S)nn1. The first-order chi connectivity index (χ1) is 6.72. The van der Waals surface area contributed by atoms with Gasteiger partial charge in [-0.1, -0.05) is 5.21 Å². The van der Waals surface area contributed by atoms with Crippen molar-refractivity contribution in [1.82, 2.24) is 20.3 Å². The Bertz CT molecular complexity index is 351. The number of carbonyl (C=O) groups is 1. The van der Waals surface area contributed by atoms with E-state index in [0.29, 0.717) is 17.0 Å². The third-order valence-electron chi connectivity index (χ3n) is 2.51. The van der Waals surface area contributed by atoms with E-state index in [2.05, 4.69) is 28.3 Å².